The van der Waals surface area contributed by atoms with Crippen molar-refractivity contribution in [2.75, 3.05) is 38.2 Å². The molecule has 1 aliphatic rings. The van der Waals surface area contributed by atoms with Crippen LogP contribution in [0.4, 0.5) is 5.82 Å². The molecule has 1 saturated heterocycles. The number of aromatic nitrogens is 1. The van der Waals surface area contributed by atoms with E-state index in [2.05, 4.69) is 45.5 Å². The highest BCUT2D eigenvalue weighted by Crippen LogP contribution is 2.22. The van der Waals surface area contributed by atoms with Gasteiger partial charge >= 0.3 is 0 Å². The van der Waals surface area contributed by atoms with E-state index in [9.17, 15) is 0 Å². The quantitative estimate of drug-likeness (QED) is 0.919. The molecule has 1 aromatic heterocycles. The minimum atomic E-state index is 0.276. The normalized spacial score (nSPS) is 16.5. The van der Waals surface area contributed by atoms with Crippen LogP contribution in [0.15, 0.2) is 48.7 Å². The zero-order valence-electron chi connectivity index (χ0n) is 13.0. The van der Waals surface area contributed by atoms with Crippen LogP contribution in [0, 0.1) is 11.3 Å². The lowest BCUT2D eigenvalue weighted by Crippen LogP contribution is -2.41. The van der Waals surface area contributed by atoms with E-state index >= 15 is 0 Å². The van der Waals surface area contributed by atoms with Gasteiger partial charge in [-0.25, -0.2) is 4.98 Å². The number of pyridine rings is 1. The number of morpholine rings is 1. The average Bonchev–Trinajstić information content (AvgIpc) is 2.64. The van der Waals surface area contributed by atoms with Crippen molar-refractivity contribution in [2.24, 2.45) is 0 Å². The molecule has 0 amide bonds. The van der Waals surface area contributed by atoms with Crippen molar-refractivity contribution in [3.63, 3.8) is 0 Å². The van der Waals surface area contributed by atoms with Crippen LogP contribution in [0.3, 0.4) is 0 Å². The first-order valence-corrected chi connectivity index (χ1v) is 7.83. The molecule has 118 valence electrons. The fourth-order valence-corrected chi connectivity index (χ4v) is 2.79. The molecule has 2 heterocycles. The third kappa shape index (κ3) is 4.07. The second-order valence-corrected chi connectivity index (χ2v) is 5.50. The van der Waals surface area contributed by atoms with E-state index in [4.69, 9.17) is 10.00 Å². The summed E-state index contributed by atoms with van der Waals surface area (Å²) in [5.74, 6) is 0.790. The molecule has 0 radical (unpaired) electrons. The van der Waals surface area contributed by atoms with E-state index in [1.165, 1.54) is 5.56 Å². The molecular formula is C18H20N4O. The molecule has 1 atom stereocenters. The zero-order valence-corrected chi connectivity index (χ0v) is 13.0. The molecule has 0 spiro atoms. The molecule has 5 heteroatoms. The van der Waals surface area contributed by atoms with Gasteiger partial charge in [-0.2, -0.15) is 5.26 Å². The number of anilines is 1. The van der Waals surface area contributed by atoms with Gasteiger partial charge < -0.3 is 10.1 Å². The van der Waals surface area contributed by atoms with Crippen molar-refractivity contribution < 1.29 is 4.74 Å². The Morgan fingerprint density at radius 2 is 1.96 bits per heavy atom. The number of nitrogens with one attached hydrogen (secondary N) is 1. The predicted octanol–water partition coefficient (Wildman–Crippen LogP) is 2.44. The van der Waals surface area contributed by atoms with Gasteiger partial charge in [-0.05, 0) is 17.7 Å². The number of nitrogens with zero attached hydrogens (tertiary/aromatic N) is 3. The fraction of sp³-hybridized carbons (Fsp3) is 0.333. The van der Waals surface area contributed by atoms with E-state index in [0.717, 1.165) is 38.7 Å². The second-order valence-electron chi connectivity index (χ2n) is 5.50. The molecule has 0 bridgehead atoms. The van der Waals surface area contributed by atoms with Gasteiger partial charge in [0.2, 0.25) is 0 Å². The number of nitriles is 1. The first-order valence-electron chi connectivity index (χ1n) is 7.83. The maximum atomic E-state index is 8.84. The van der Waals surface area contributed by atoms with E-state index in [0.29, 0.717) is 5.56 Å². The molecule has 1 aromatic carbocycles. The van der Waals surface area contributed by atoms with Gasteiger partial charge in [-0.15, -0.1) is 0 Å². The zero-order chi connectivity index (χ0) is 15.9. The van der Waals surface area contributed by atoms with Crippen LogP contribution in [-0.2, 0) is 4.74 Å². The molecule has 1 aliphatic heterocycles. The fourth-order valence-electron chi connectivity index (χ4n) is 2.79. The summed E-state index contributed by atoms with van der Waals surface area (Å²) < 4.78 is 5.47. The SMILES string of the molecule is N#Cc1ccc(NCC(c2ccccc2)N2CCOCC2)nc1. The van der Waals surface area contributed by atoms with Crippen LogP contribution in [0.25, 0.3) is 0 Å². The summed E-state index contributed by atoms with van der Waals surface area (Å²) >= 11 is 0. The highest BCUT2D eigenvalue weighted by atomic mass is 16.5. The summed E-state index contributed by atoms with van der Waals surface area (Å²) in [4.78, 5) is 6.72. The van der Waals surface area contributed by atoms with Crippen molar-refractivity contribution in [3.8, 4) is 6.07 Å². The molecule has 1 fully saturated rings. The largest absolute Gasteiger partial charge is 0.379 e. The Kier molecular flexibility index (Phi) is 5.20. The van der Waals surface area contributed by atoms with Gasteiger partial charge in [0.15, 0.2) is 0 Å². The Balaban J connectivity index is 1.71. The molecule has 3 rings (SSSR count). The summed E-state index contributed by atoms with van der Waals surface area (Å²) in [5.41, 5.74) is 1.86. The van der Waals surface area contributed by atoms with E-state index in [-0.39, 0.29) is 6.04 Å². The predicted molar refractivity (Wildman–Crippen MR) is 89.0 cm³/mol. The van der Waals surface area contributed by atoms with E-state index in [1.54, 1.807) is 12.3 Å². The van der Waals surface area contributed by atoms with E-state index < -0.39 is 0 Å². The van der Waals surface area contributed by atoms with Gasteiger partial charge in [-0.1, -0.05) is 30.3 Å². The van der Waals surface area contributed by atoms with Crippen LogP contribution in [-0.4, -0.2) is 42.7 Å². The van der Waals surface area contributed by atoms with E-state index in [1.807, 2.05) is 12.1 Å². The van der Waals surface area contributed by atoms with Gasteiger partial charge in [0, 0.05) is 25.8 Å². The molecule has 0 saturated carbocycles. The Hall–Kier alpha value is -2.42. The molecule has 5 nitrogen and oxygen atoms in total. The molecule has 2 aromatic rings. The lowest BCUT2D eigenvalue weighted by molar-refractivity contribution is 0.0187. The van der Waals surface area contributed by atoms with Gasteiger partial charge in [0.25, 0.3) is 0 Å². The molecule has 1 unspecified atom stereocenters. The average molecular weight is 308 g/mol. The monoisotopic (exact) mass is 308 g/mol. The Labute approximate surface area is 136 Å². The van der Waals surface area contributed by atoms with Crippen LogP contribution >= 0.6 is 0 Å². The van der Waals surface area contributed by atoms with Crippen molar-refractivity contribution in [3.05, 3.63) is 59.8 Å². The van der Waals surface area contributed by atoms with Gasteiger partial charge in [-0.3, -0.25) is 4.90 Å². The van der Waals surface area contributed by atoms with Crippen LogP contribution in [0.1, 0.15) is 17.2 Å². The summed E-state index contributed by atoms with van der Waals surface area (Å²) in [7, 11) is 0. The highest BCUT2D eigenvalue weighted by Gasteiger charge is 2.22. The maximum Gasteiger partial charge on any atom is 0.126 e. The first kappa shape index (κ1) is 15.5. The number of ether oxygens (including phenoxy) is 1. The third-order valence-corrected chi connectivity index (χ3v) is 4.04. The Morgan fingerprint density at radius 3 is 2.61 bits per heavy atom. The minimum absolute atomic E-state index is 0.276. The molecule has 23 heavy (non-hydrogen) atoms. The summed E-state index contributed by atoms with van der Waals surface area (Å²) in [6, 6.07) is 16.5. The van der Waals surface area contributed by atoms with Gasteiger partial charge in [0.1, 0.15) is 11.9 Å². The number of hydrogen-bond acceptors (Lipinski definition) is 5. The summed E-state index contributed by atoms with van der Waals surface area (Å²) in [6.07, 6.45) is 1.59. The maximum absolute atomic E-state index is 8.84. The van der Waals surface area contributed by atoms with Crippen LogP contribution in [0.5, 0.6) is 0 Å². The van der Waals surface area contributed by atoms with Crippen LogP contribution in [0.2, 0.25) is 0 Å². The Bertz CT molecular complexity index is 645. The van der Waals surface area contributed by atoms with Crippen molar-refractivity contribution in [1.82, 2.24) is 9.88 Å². The summed E-state index contributed by atoms with van der Waals surface area (Å²) in [5, 5.41) is 12.2. The molecule has 0 aliphatic carbocycles. The molecule has 1 N–H and O–H groups in total. The lowest BCUT2D eigenvalue weighted by atomic mass is 10.0. The number of rotatable bonds is 5. The number of benzene rings is 1. The minimum Gasteiger partial charge on any atom is -0.379 e. The second kappa shape index (κ2) is 7.73. The summed E-state index contributed by atoms with van der Waals surface area (Å²) in [6.45, 7) is 4.18. The smallest absolute Gasteiger partial charge is 0.126 e. The standard InChI is InChI=1S/C18H20N4O/c19-12-15-6-7-18(20-13-15)21-14-17(16-4-2-1-3-5-16)22-8-10-23-11-9-22/h1-7,13,17H,8-11,14H2,(H,20,21). The lowest BCUT2D eigenvalue weighted by Gasteiger charge is -2.35. The van der Waals surface area contributed by atoms with Crippen molar-refractivity contribution in [1.29, 1.82) is 5.26 Å². The third-order valence-electron chi connectivity index (χ3n) is 4.04. The van der Waals surface area contributed by atoms with Crippen molar-refractivity contribution in [2.45, 2.75) is 6.04 Å². The van der Waals surface area contributed by atoms with Crippen molar-refractivity contribution >= 4 is 5.82 Å². The first-order chi connectivity index (χ1) is 11.4. The highest BCUT2D eigenvalue weighted by molar-refractivity contribution is 5.39. The Morgan fingerprint density at radius 1 is 1.17 bits per heavy atom. The number of hydrogen-bond donors (Lipinski definition) is 1. The van der Waals surface area contributed by atoms with Crippen LogP contribution < -0.4 is 5.32 Å². The van der Waals surface area contributed by atoms with Gasteiger partial charge in [0.05, 0.1) is 24.8 Å². The molecular weight excluding hydrogens is 288 g/mol. The topological polar surface area (TPSA) is 61.2 Å².